The van der Waals surface area contributed by atoms with Gasteiger partial charge in [-0.3, -0.25) is 5.14 Å². The summed E-state index contributed by atoms with van der Waals surface area (Å²) < 4.78 is 35.0. The van der Waals surface area contributed by atoms with Crippen LogP contribution in [0.25, 0.3) is 0 Å². The van der Waals surface area contributed by atoms with Gasteiger partial charge >= 0.3 is 0 Å². The van der Waals surface area contributed by atoms with Gasteiger partial charge in [0.05, 0.1) is 26.4 Å². The molecule has 4 nitrogen and oxygen atoms in total. The smallest absolute Gasteiger partial charge is 0.178 e. The van der Waals surface area contributed by atoms with Crippen LogP contribution in [0, 0.1) is 0 Å². The van der Waals surface area contributed by atoms with Gasteiger partial charge in [0.25, 0.3) is 0 Å². The van der Waals surface area contributed by atoms with E-state index in [0.717, 1.165) is 11.1 Å². The van der Waals surface area contributed by atoms with Crippen molar-refractivity contribution in [3.05, 3.63) is 29.3 Å². The molecule has 0 aliphatic carbocycles. The van der Waals surface area contributed by atoms with E-state index in [9.17, 15) is 12.6 Å². The van der Waals surface area contributed by atoms with E-state index in [-0.39, 0.29) is 11.7 Å². The third kappa shape index (κ3) is 2.82. The summed E-state index contributed by atoms with van der Waals surface area (Å²) >= 11 is 0. The summed E-state index contributed by atoms with van der Waals surface area (Å²) in [6, 6.07) is 5.44. The van der Waals surface area contributed by atoms with Crippen molar-refractivity contribution in [1.82, 2.24) is 0 Å². The Morgan fingerprint density at radius 3 is 2.65 bits per heavy atom. The first-order chi connectivity index (χ1) is 9.15. The largest absolute Gasteiger partial charge is 0.251 e. The van der Waals surface area contributed by atoms with Crippen molar-refractivity contribution in [3.8, 4) is 0 Å². The van der Waals surface area contributed by atoms with E-state index in [4.69, 9.17) is 5.14 Å². The summed E-state index contributed by atoms with van der Waals surface area (Å²) in [5.74, 6) is 0.318. The maximum absolute atomic E-state index is 12.0. The molecule has 1 aromatic carbocycles. The standard InChI is InChI=1S/C14H21NO3S2/c1-10(9-14(2,3)19(15)16)11-5-4-6-13-12(11)7-8-20(13,17)18/h4-6,10H,7-9,15H2,1-3H3/t10-,19?/m1/s1. The molecule has 1 aromatic rings. The molecule has 0 aromatic heterocycles. The van der Waals surface area contributed by atoms with Crippen LogP contribution in [-0.2, 0) is 27.2 Å². The Hall–Kier alpha value is -0.720. The molecular formula is C14H21NO3S2. The first-order valence-corrected chi connectivity index (χ1v) is 9.52. The molecule has 0 amide bonds. The SMILES string of the molecule is C[C@H](CC(C)(C)S(N)=O)c1cccc2c1CCS2(=O)=O. The number of hydrogen-bond donors (Lipinski definition) is 1. The van der Waals surface area contributed by atoms with Gasteiger partial charge in [-0.1, -0.05) is 19.1 Å². The van der Waals surface area contributed by atoms with E-state index in [1.807, 2.05) is 26.8 Å². The van der Waals surface area contributed by atoms with Crippen LogP contribution in [0.2, 0.25) is 0 Å². The Morgan fingerprint density at radius 2 is 2.05 bits per heavy atom. The third-order valence-electron chi connectivity index (χ3n) is 4.00. The second-order valence-corrected chi connectivity index (χ2v) is 9.83. The summed E-state index contributed by atoms with van der Waals surface area (Å²) in [4.78, 5) is 0.466. The van der Waals surface area contributed by atoms with E-state index >= 15 is 0 Å². The highest BCUT2D eigenvalue weighted by atomic mass is 32.2. The van der Waals surface area contributed by atoms with E-state index in [2.05, 4.69) is 0 Å². The topological polar surface area (TPSA) is 77.2 Å². The fourth-order valence-electron chi connectivity index (χ4n) is 2.88. The third-order valence-corrected chi connectivity index (χ3v) is 7.05. The van der Waals surface area contributed by atoms with Crippen LogP contribution in [0.3, 0.4) is 0 Å². The van der Waals surface area contributed by atoms with E-state index in [0.29, 0.717) is 17.7 Å². The van der Waals surface area contributed by atoms with Crippen molar-refractivity contribution in [2.24, 2.45) is 5.14 Å². The Balaban J connectivity index is 2.36. The second-order valence-electron chi connectivity index (χ2n) is 6.06. The number of rotatable bonds is 4. The van der Waals surface area contributed by atoms with E-state index < -0.39 is 25.6 Å². The van der Waals surface area contributed by atoms with Crippen molar-refractivity contribution in [2.75, 3.05) is 5.75 Å². The lowest BCUT2D eigenvalue weighted by Gasteiger charge is -2.26. The molecule has 2 atom stereocenters. The van der Waals surface area contributed by atoms with Gasteiger partial charge in [-0.15, -0.1) is 0 Å². The van der Waals surface area contributed by atoms with Crippen LogP contribution in [0.5, 0.6) is 0 Å². The van der Waals surface area contributed by atoms with Gasteiger partial charge < -0.3 is 0 Å². The quantitative estimate of drug-likeness (QED) is 0.922. The molecule has 1 heterocycles. The Labute approximate surface area is 123 Å². The molecule has 0 saturated heterocycles. The normalized spacial score (nSPS) is 20.4. The van der Waals surface area contributed by atoms with Gasteiger partial charge in [0, 0.05) is 0 Å². The van der Waals surface area contributed by atoms with Gasteiger partial charge in [-0.25, -0.2) is 12.6 Å². The summed E-state index contributed by atoms with van der Waals surface area (Å²) in [6.45, 7) is 5.79. The predicted octanol–water partition coefficient (Wildman–Crippen LogP) is 1.91. The zero-order valence-corrected chi connectivity index (χ0v) is 13.7. The van der Waals surface area contributed by atoms with Gasteiger partial charge in [0.1, 0.15) is 0 Å². The molecule has 6 heteroatoms. The average Bonchev–Trinajstić information content (AvgIpc) is 2.65. The number of benzene rings is 1. The Kier molecular flexibility index (Phi) is 4.10. The summed E-state index contributed by atoms with van der Waals surface area (Å²) in [5.41, 5.74) is 1.97. The molecular weight excluding hydrogens is 294 g/mol. The maximum atomic E-state index is 12.0. The lowest BCUT2D eigenvalue weighted by atomic mass is 9.88. The molecule has 0 bridgehead atoms. The van der Waals surface area contributed by atoms with Crippen molar-refractivity contribution < 1.29 is 12.6 Å². The molecule has 0 spiro atoms. The highest BCUT2D eigenvalue weighted by molar-refractivity contribution is 7.91. The van der Waals surface area contributed by atoms with Crippen LogP contribution in [0.15, 0.2) is 23.1 Å². The fraction of sp³-hybridized carbons (Fsp3) is 0.571. The lowest BCUT2D eigenvalue weighted by Crippen LogP contribution is -2.33. The molecule has 2 N–H and O–H groups in total. The maximum Gasteiger partial charge on any atom is 0.178 e. The molecule has 0 saturated carbocycles. The van der Waals surface area contributed by atoms with Crippen LogP contribution < -0.4 is 5.14 Å². The van der Waals surface area contributed by atoms with Crippen LogP contribution >= 0.6 is 0 Å². The molecule has 1 unspecified atom stereocenters. The number of nitrogens with two attached hydrogens (primary N) is 1. The minimum Gasteiger partial charge on any atom is -0.251 e. The minimum absolute atomic E-state index is 0.126. The highest BCUT2D eigenvalue weighted by Gasteiger charge is 2.32. The van der Waals surface area contributed by atoms with Crippen molar-refractivity contribution in [2.45, 2.75) is 49.2 Å². The van der Waals surface area contributed by atoms with Gasteiger partial charge in [-0.05, 0) is 49.8 Å². The van der Waals surface area contributed by atoms with Crippen molar-refractivity contribution in [3.63, 3.8) is 0 Å². The van der Waals surface area contributed by atoms with Gasteiger partial charge in [0.2, 0.25) is 0 Å². The van der Waals surface area contributed by atoms with Gasteiger partial charge in [-0.2, -0.15) is 0 Å². The summed E-state index contributed by atoms with van der Waals surface area (Å²) in [6.07, 6.45) is 1.23. The van der Waals surface area contributed by atoms with Gasteiger partial charge in [0.15, 0.2) is 9.84 Å². The molecule has 1 aliphatic heterocycles. The van der Waals surface area contributed by atoms with E-state index in [1.165, 1.54) is 0 Å². The van der Waals surface area contributed by atoms with Crippen LogP contribution in [-0.4, -0.2) is 23.1 Å². The molecule has 20 heavy (non-hydrogen) atoms. The molecule has 0 radical (unpaired) electrons. The first kappa shape index (κ1) is 15.7. The summed E-state index contributed by atoms with van der Waals surface area (Å²) in [7, 11) is -4.51. The average molecular weight is 315 g/mol. The monoisotopic (exact) mass is 315 g/mol. The molecule has 112 valence electrons. The summed E-state index contributed by atoms with van der Waals surface area (Å²) in [5, 5.41) is 5.53. The molecule has 2 rings (SSSR count). The first-order valence-electron chi connectivity index (χ1n) is 6.66. The lowest BCUT2D eigenvalue weighted by molar-refractivity contribution is 0.538. The zero-order chi connectivity index (χ0) is 15.1. The number of hydrogen-bond acceptors (Lipinski definition) is 3. The molecule has 0 fully saturated rings. The Morgan fingerprint density at radius 1 is 1.40 bits per heavy atom. The van der Waals surface area contributed by atoms with E-state index in [1.54, 1.807) is 12.1 Å². The zero-order valence-electron chi connectivity index (χ0n) is 12.0. The second kappa shape index (κ2) is 5.24. The van der Waals surface area contributed by atoms with Crippen LogP contribution in [0.1, 0.15) is 44.2 Å². The van der Waals surface area contributed by atoms with Crippen molar-refractivity contribution in [1.29, 1.82) is 0 Å². The number of fused-ring (bicyclic) bond motifs is 1. The number of sulfone groups is 1. The molecule has 1 aliphatic rings. The highest BCUT2D eigenvalue weighted by Crippen LogP contribution is 2.36. The van der Waals surface area contributed by atoms with Crippen LogP contribution in [0.4, 0.5) is 0 Å². The minimum atomic E-state index is -3.11. The van der Waals surface area contributed by atoms with Crippen molar-refractivity contribution >= 4 is 20.8 Å². The fourth-order valence-corrected chi connectivity index (χ4v) is 4.87. The predicted molar refractivity (Wildman–Crippen MR) is 81.6 cm³/mol. The Bertz CT molecular complexity index is 650.